The fourth-order valence-electron chi connectivity index (χ4n) is 2.67. The number of nitrogens with one attached hydrogen (secondary N) is 1. The zero-order valence-corrected chi connectivity index (χ0v) is 12.4. The average molecular weight is 298 g/mol. The maximum atomic E-state index is 12.2. The van der Waals surface area contributed by atoms with E-state index >= 15 is 0 Å². The highest BCUT2D eigenvalue weighted by Crippen LogP contribution is 2.23. The summed E-state index contributed by atoms with van der Waals surface area (Å²) in [5.74, 6) is 0.591. The summed E-state index contributed by atoms with van der Waals surface area (Å²) in [7, 11) is 0. The molecule has 0 spiro atoms. The Morgan fingerprint density at radius 3 is 2.04 bits per heavy atom. The number of fused-ring (bicyclic) bond motifs is 1. The minimum Gasteiger partial charge on any atom is -0.306 e. The van der Waals surface area contributed by atoms with Crippen molar-refractivity contribution in [1.29, 1.82) is 0 Å². The number of nitrogens with zero attached hydrogens (tertiary/aromatic N) is 1. The lowest BCUT2D eigenvalue weighted by atomic mass is 10.0. The third-order valence-electron chi connectivity index (χ3n) is 3.88. The van der Waals surface area contributed by atoms with Gasteiger partial charge in [0.15, 0.2) is 0 Å². The minimum absolute atomic E-state index is 0.113. The van der Waals surface area contributed by atoms with Crippen molar-refractivity contribution < 1.29 is 0 Å². The van der Waals surface area contributed by atoms with E-state index < -0.39 is 0 Å². The third kappa shape index (κ3) is 2.53. The molecular weight excluding hydrogens is 284 g/mol. The molecule has 1 aromatic heterocycles. The van der Waals surface area contributed by atoms with E-state index in [1.165, 1.54) is 5.56 Å². The summed E-state index contributed by atoms with van der Waals surface area (Å²) < 4.78 is 0. The Kier molecular flexibility index (Phi) is 3.24. The lowest BCUT2D eigenvalue weighted by Gasteiger charge is -2.05. The molecule has 0 unspecified atom stereocenters. The van der Waals surface area contributed by atoms with Gasteiger partial charge < -0.3 is 4.98 Å². The fourth-order valence-corrected chi connectivity index (χ4v) is 2.67. The van der Waals surface area contributed by atoms with Crippen LogP contribution in [0.25, 0.3) is 33.4 Å². The number of aromatic amines is 1. The normalized spacial score (nSPS) is 10.8. The van der Waals surface area contributed by atoms with Crippen LogP contribution in [0, 0.1) is 0 Å². The van der Waals surface area contributed by atoms with Crippen molar-refractivity contribution >= 4 is 10.9 Å². The molecule has 110 valence electrons. The van der Waals surface area contributed by atoms with Gasteiger partial charge in [-0.25, -0.2) is 4.98 Å². The molecule has 0 amide bonds. The molecule has 0 aliphatic heterocycles. The standard InChI is InChI=1S/C20H14N2O/c23-20-17-8-4-5-9-18(17)21-19(22-20)16-12-10-15(11-13-16)14-6-2-1-3-7-14/h1-13H,(H,21,22,23). The largest absolute Gasteiger partial charge is 0.306 e. The quantitative estimate of drug-likeness (QED) is 0.601. The molecule has 0 aliphatic rings. The van der Waals surface area contributed by atoms with Crippen LogP contribution in [0.2, 0.25) is 0 Å². The Labute approximate surface area is 133 Å². The van der Waals surface area contributed by atoms with Gasteiger partial charge in [-0.1, -0.05) is 66.7 Å². The van der Waals surface area contributed by atoms with E-state index in [0.29, 0.717) is 16.7 Å². The summed E-state index contributed by atoms with van der Waals surface area (Å²) in [6, 6.07) is 25.6. The van der Waals surface area contributed by atoms with Gasteiger partial charge in [-0.05, 0) is 23.3 Å². The molecule has 0 saturated heterocycles. The number of para-hydroxylation sites is 1. The first-order chi connectivity index (χ1) is 11.3. The van der Waals surface area contributed by atoms with E-state index in [1.807, 2.05) is 60.7 Å². The van der Waals surface area contributed by atoms with Crippen LogP contribution in [0.5, 0.6) is 0 Å². The first-order valence-corrected chi connectivity index (χ1v) is 7.46. The molecule has 3 heteroatoms. The van der Waals surface area contributed by atoms with Gasteiger partial charge in [-0.3, -0.25) is 4.79 Å². The molecule has 1 N–H and O–H groups in total. The molecule has 23 heavy (non-hydrogen) atoms. The van der Waals surface area contributed by atoms with Gasteiger partial charge in [-0.15, -0.1) is 0 Å². The molecule has 0 aliphatic carbocycles. The first kappa shape index (κ1) is 13.5. The molecule has 0 fully saturated rings. The number of rotatable bonds is 2. The second kappa shape index (κ2) is 5.54. The summed E-state index contributed by atoms with van der Waals surface area (Å²) in [6.07, 6.45) is 0. The van der Waals surface area contributed by atoms with Crippen LogP contribution in [-0.2, 0) is 0 Å². The summed E-state index contributed by atoms with van der Waals surface area (Å²) in [6.45, 7) is 0. The summed E-state index contributed by atoms with van der Waals surface area (Å²) in [5.41, 5.74) is 3.79. The van der Waals surface area contributed by atoms with Crippen LogP contribution in [0.4, 0.5) is 0 Å². The highest BCUT2D eigenvalue weighted by molar-refractivity contribution is 5.79. The van der Waals surface area contributed by atoms with Crippen molar-refractivity contribution in [2.75, 3.05) is 0 Å². The van der Waals surface area contributed by atoms with E-state index in [4.69, 9.17) is 0 Å². The lowest BCUT2D eigenvalue weighted by molar-refractivity contribution is 1.18. The van der Waals surface area contributed by atoms with Crippen molar-refractivity contribution in [3.05, 3.63) is 89.2 Å². The number of H-pyrrole nitrogens is 1. The zero-order valence-electron chi connectivity index (χ0n) is 12.4. The first-order valence-electron chi connectivity index (χ1n) is 7.46. The second-order valence-corrected chi connectivity index (χ2v) is 5.38. The monoisotopic (exact) mass is 298 g/mol. The van der Waals surface area contributed by atoms with E-state index in [-0.39, 0.29) is 5.56 Å². The van der Waals surface area contributed by atoms with Crippen LogP contribution < -0.4 is 5.56 Å². The van der Waals surface area contributed by atoms with Crippen molar-refractivity contribution in [3.63, 3.8) is 0 Å². The molecule has 3 nitrogen and oxygen atoms in total. The van der Waals surface area contributed by atoms with Crippen molar-refractivity contribution in [3.8, 4) is 22.5 Å². The molecule has 0 atom stereocenters. The van der Waals surface area contributed by atoms with Crippen LogP contribution >= 0.6 is 0 Å². The van der Waals surface area contributed by atoms with Gasteiger partial charge in [0.05, 0.1) is 10.9 Å². The number of benzene rings is 3. The zero-order chi connectivity index (χ0) is 15.6. The molecule has 0 bridgehead atoms. The Hall–Kier alpha value is -3.20. The second-order valence-electron chi connectivity index (χ2n) is 5.38. The van der Waals surface area contributed by atoms with Crippen LogP contribution in [0.3, 0.4) is 0 Å². The minimum atomic E-state index is -0.113. The number of hydrogen-bond donors (Lipinski definition) is 1. The van der Waals surface area contributed by atoms with E-state index in [1.54, 1.807) is 6.07 Å². The maximum absolute atomic E-state index is 12.2. The predicted molar refractivity (Wildman–Crippen MR) is 93.2 cm³/mol. The molecule has 0 saturated carbocycles. The molecule has 4 rings (SSSR count). The number of aromatic nitrogens is 2. The highest BCUT2D eigenvalue weighted by Gasteiger charge is 2.06. The average Bonchev–Trinajstić information content (AvgIpc) is 2.63. The molecule has 0 radical (unpaired) electrons. The smallest absolute Gasteiger partial charge is 0.259 e. The molecular formula is C20H14N2O. The fraction of sp³-hybridized carbons (Fsp3) is 0. The van der Waals surface area contributed by atoms with Crippen LogP contribution in [0.15, 0.2) is 83.7 Å². The van der Waals surface area contributed by atoms with Crippen LogP contribution in [0.1, 0.15) is 0 Å². The predicted octanol–water partition coefficient (Wildman–Crippen LogP) is 4.26. The van der Waals surface area contributed by atoms with Gasteiger partial charge in [-0.2, -0.15) is 0 Å². The number of hydrogen-bond acceptors (Lipinski definition) is 2. The SMILES string of the molecule is O=c1[nH]c(-c2ccc(-c3ccccc3)cc2)nc2ccccc12. The van der Waals surface area contributed by atoms with Crippen molar-refractivity contribution in [2.24, 2.45) is 0 Å². The summed E-state index contributed by atoms with van der Waals surface area (Å²) in [4.78, 5) is 19.6. The van der Waals surface area contributed by atoms with Gasteiger partial charge in [0, 0.05) is 5.56 Å². The van der Waals surface area contributed by atoms with Crippen molar-refractivity contribution in [2.45, 2.75) is 0 Å². The van der Waals surface area contributed by atoms with Gasteiger partial charge in [0.25, 0.3) is 5.56 Å². The van der Waals surface area contributed by atoms with E-state index in [2.05, 4.69) is 22.1 Å². The Bertz CT molecular complexity index is 1020. The Morgan fingerprint density at radius 1 is 0.652 bits per heavy atom. The van der Waals surface area contributed by atoms with Gasteiger partial charge in [0.2, 0.25) is 0 Å². The molecule has 1 heterocycles. The van der Waals surface area contributed by atoms with E-state index in [9.17, 15) is 4.79 Å². The maximum Gasteiger partial charge on any atom is 0.259 e. The third-order valence-corrected chi connectivity index (χ3v) is 3.88. The van der Waals surface area contributed by atoms with E-state index in [0.717, 1.165) is 11.1 Å². The summed E-state index contributed by atoms with van der Waals surface area (Å²) >= 11 is 0. The molecule has 4 aromatic rings. The van der Waals surface area contributed by atoms with Crippen molar-refractivity contribution in [1.82, 2.24) is 9.97 Å². The van der Waals surface area contributed by atoms with Crippen LogP contribution in [-0.4, -0.2) is 9.97 Å². The molecule has 3 aromatic carbocycles. The van der Waals surface area contributed by atoms with Gasteiger partial charge in [0.1, 0.15) is 5.82 Å². The van der Waals surface area contributed by atoms with Gasteiger partial charge >= 0.3 is 0 Å². The highest BCUT2D eigenvalue weighted by atomic mass is 16.1. The lowest BCUT2D eigenvalue weighted by Crippen LogP contribution is -2.09. The topological polar surface area (TPSA) is 45.8 Å². The Morgan fingerprint density at radius 2 is 1.26 bits per heavy atom. The Balaban J connectivity index is 1.78. The summed E-state index contributed by atoms with van der Waals surface area (Å²) in [5, 5.41) is 0.608.